The molecule has 0 radical (unpaired) electrons. The van der Waals surface area contributed by atoms with Gasteiger partial charge >= 0.3 is 11.9 Å². The SMILES string of the molecule is COc1cc([C@H]2Oc3c(OC)cc(/C=C/C(=O)O)cc3[C@H]3[C@@H]2C(=O)O[C@@H]3c2ccc(O)c(OC)c2)ccc1O. The maximum Gasteiger partial charge on any atom is 0.328 e. The van der Waals surface area contributed by atoms with E-state index < -0.39 is 36.0 Å². The van der Waals surface area contributed by atoms with Gasteiger partial charge in [0.25, 0.3) is 0 Å². The number of hydrogen-bond donors (Lipinski definition) is 3. The Morgan fingerprint density at radius 2 is 1.36 bits per heavy atom. The number of benzene rings is 3. The molecular formula is C29H26O10. The molecule has 0 unspecified atom stereocenters. The number of phenols is 2. The average molecular weight is 535 g/mol. The molecule has 3 aromatic carbocycles. The van der Waals surface area contributed by atoms with E-state index in [1.807, 2.05) is 0 Å². The molecule has 0 aliphatic carbocycles. The van der Waals surface area contributed by atoms with Crippen molar-refractivity contribution in [1.82, 2.24) is 0 Å². The van der Waals surface area contributed by atoms with Crippen molar-refractivity contribution in [2.24, 2.45) is 5.92 Å². The number of fused-ring (bicyclic) bond motifs is 3. The summed E-state index contributed by atoms with van der Waals surface area (Å²) in [5.41, 5.74) is 2.28. The number of carbonyl (C=O) groups excluding carboxylic acids is 1. The number of carboxylic acid groups (broad SMARTS) is 1. The van der Waals surface area contributed by atoms with Gasteiger partial charge in [-0.05, 0) is 59.2 Å². The molecule has 0 saturated carbocycles. The number of cyclic esters (lactones) is 1. The third kappa shape index (κ3) is 4.54. The maximum absolute atomic E-state index is 13.5. The maximum atomic E-state index is 13.5. The van der Waals surface area contributed by atoms with Crippen LogP contribution in [0.4, 0.5) is 0 Å². The van der Waals surface area contributed by atoms with Crippen LogP contribution in [0.3, 0.4) is 0 Å². The summed E-state index contributed by atoms with van der Waals surface area (Å²) in [7, 11) is 4.31. The van der Waals surface area contributed by atoms with Crippen LogP contribution in [0.5, 0.6) is 34.5 Å². The fourth-order valence-corrected chi connectivity index (χ4v) is 5.21. The molecule has 5 rings (SSSR count). The molecule has 2 aliphatic rings. The fourth-order valence-electron chi connectivity index (χ4n) is 5.21. The van der Waals surface area contributed by atoms with Crippen LogP contribution < -0.4 is 18.9 Å². The van der Waals surface area contributed by atoms with E-state index in [-0.39, 0.29) is 23.0 Å². The summed E-state index contributed by atoms with van der Waals surface area (Å²) >= 11 is 0. The lowest BCUT2D eigenvalue weighted by atomic mass is 9.74. The summed E-state index contributed by atoms with van der Waals surface area (Å²) in [6, 6.07) is 12.8. The lowest BCUT2D eigenvalue weighted by molar-refractivity contribution is -0.146. The Kier molecular flexibility index (Phi) is 6.69. The highest BCUT2D eigenvalue weighted by Gasteiger charge is 2.55. The van der Waals surface area contributed by atoms with E-state index in [0.717, 1.165) is 6.08 Å². The Hall–Kier alpha value is -4.86. The molecule has 4 atom stereocenters. The minimum atomic E-state index is -1.12. The van der Waals surface area contributed by atoms with Crippen LogP contribution in [0, 0.1) is 5.92 Å². The van der Waals surface area contributed by atoms with Gasteiger partial charge in [-0.2, -0.15) is 0 Å². The van der Waals surface area contributed by atoms with Gasteiger partial charge in [-0.15, -0.1) is 0 Å². The number of ether oxygens (including phenoxy) is 5. The van der Waals surface area contributed by atoms with Gasteiger partial charge in [0.1, 0.15) is 18.1 Å². The van der Waals surface area contributed by atoms with Crippen molar-refractivity contribution in [3.8, 4) is 34.5 Å². The Morgan fingerprint density at radius 1 is 0.795 bits per heavy atom. The van der Waals surface area contributed by atoms with Gasteiger partial charge in [0, 0.05) is 17.6 Å². The van der Waals surface area contributed by atoms with Gasteiger partial charge in [0.2, 0.25) is 0 Å². The van der Waals surface area contributed by atoms with Crippen LogP contribution >= 0.6 is 0 Å². The van der Waals surface area contributed by atoms with Crippen molar-refractivity contribution in [2.75, 3.05) is 21.3 Å². The van der Waals surface area contributed by atoms with Crippen LogP contribution in [0.15, 0.2) is 54.6 Å². The van der Waals surface area contributed by atoms with Crippen LogP contribution in [0.2, 0.25) is 0 Å². The number of methoxy groups -OCH3 is 3. The second-order valence-electron chi connectivity index (χ2n) is 9.12. The van der Waals surface area contributed by atoms with E-state index in [1.54, 1.807) is 36.4 Å². The first-order valence-corrected chi connectivity index (χ1v) is 12.0. The second kappa shape index (κ2) is 10.1. The third-order valence-corrected chi connectivity index (χ3v) is 6.97. The molecule has 0 spiro atoms. The van der Waals surface area contributed by atoms with Gasteiger partial charge < -0.3 is 39.0 Å². The molecular weight excluding hydrogens is 508 g/mol. The predicted molar refractivity (Wildman–Crippen MR) is 137 cm³/mol. The first-order chi connectivity index (χ1) is 18.7. The first-order valence-electron chi connectivity index (χ1n) is 12.0. The lowest BCUT2D eigenvalue weighted by Crippen LogP contribution is -2.32. The fraction of sp³-hybridized carbons (Fsp3) is 0.241. The number of aromatic hydroxyl groups is 2. The number of esters is 1. The summed E-state index contributed by atoms with van der Waals surface area (Å²) in [4.78, 5) is 24.7. The standard InChI is InChI=1S/C29H26O10/c1-35-20-12-15(5-7-18(20)30)26-24-17-10-14(4-9-23(32)33)11-22(37-3)28(17)38-27(25(24)29(34)39-26)16-6-8-19(31)21(13-16)36-2/h4-13,24-27,30-31H,1-3H3,(H,32,33)/b9-4+/t24-,25-,26+,27+/m0/s1. The molecule has 2 aliphatic heterocycles. The molecule has 10 heteroatoms. The molecule has 2 heterocycles. The zero-order valence-corrected chi connectivity index (χ0v) is 21.3. The number of rotatable bonds is 7. The van der Waals surface area contributed by atoms with Gasteiger partial charge in [-0.3, -0.25) is 4.79 Å². The Bertz CT molecular complexity index is 1480. The van der Waals surface area contributed by atoms with Gasteiger partial charge in [-0.1, -0.05) is 12.1 Å². The summed E-state index contributed by atoms with van der Waals surface area (Å²) in [5, 5.41) is 29.4. The quantitative estimate of drug-likeness (QED) is 0.296. The summed E-state index contributed by atoms with van der Waals surface area (Å²) in [6.07, 6.45) is 0.812. The van der Waals surface area contributed by atoms with Gasteiger partial charge in [-0.25, -0.2) is 4.79 Å². The smallest absolute Gasteiger partial charge is 0.328 e. The van der Waals surface area contributed by atoms with Crippen LogP contribution in [0.1, 0.15) is 40.4 Å². The normalized spacial score (nSPS) is 21.5. The minimum Gasteiger partial charge on any atom is -0.504 e. The zero-order valence-electron chi connectivity index (χ0n) is 21.3. The van der Waals surface area contributed by atoms with Crippen molar-refractivity contribution < 1.29 is 48.6 Å². The molecule has 39 heavy (non-hydrogen) atoms. The highest BCUT2D eigenvalue weighted by atomic mass is 16.6. The molecule has 3 N–H and O–H groups in total. The van der Waals surface area contributed by atoms with Crippen molar-refractivity contribution in [3.63, 3.8) is 0 Å². The molecule has 0 amide bonds. The summed E-state index contributed by atoms with van der Waals surface area (Å²) < 4.78 is 28.6. The van der Waals surface area contributed by atoms with Gasteiger partial charge in [0.15, 0.2) is 34.5 Å². The summed E-state index contributed by atoms with van der Waals surface area (Å²) in [5.74, 6) is -2.02. The molecule has 202 valence electrons. The Morgan fingerprint density at radius 3 is 1.90 bits per heavy atom. The molecule has 1 fully saturated rings. The third-order valence-electron chi connectivity index (χ3n) is 6.97. The van der Waals surface area contributed by atoms with Crippen molar-refractivity contribution in [1.29, 1.82) is 0 Å². The number of carbonyl (C=O) groups is 2. The number of carboxylic acids is 1. The van der Waals surface area contributed by atoms with Crippen LogP contribution in [-0.4, -0.2) is 48.6 Å². The van der Waals surface area contributed by atoms with Crippen molar-refractivity contribution in [2.45, 2.75) is 18.1 Å². The molecule has 10 nitrogen and oxygen atoms in total. The van der Waals surface area contributed by atoms with E-state index >= 15 is 0 Å². The number of aliphatic carboxylic acids is 1. The number of phenolic OH excluding ortho intramolecular Hbond substituents is 2. The van der Waals surface area contributed by atoms with E-state index in [4.69, 9.17) is 28.8 Å². The highest BCUT2D eigenvalue weighted by molar-refractivity contribution is 5.86. The minimum absolute atomic E-state index is 0.0636. The molecule has 0 bridgehead atoms. The number of hydrogen-bond acceptors (Lipinski definition) is 9. The van der Waals surface area contributed by atoms with E-state index in [9.17, 15) is 19.8 Å². The Labute approximate surface area is 223 Å². The second-order valence-corrected chi connectivity index (χ2v) is 9.12. The van der Waals surface area contributed by atoms with E-state index in [0.29, 0.717) is 33.8 Å². The average Bonchev–Trinajstić information content (AvgIpc) is 3.29. The largest absolute Gasteiger partial charge is 0.504 e. The summed E-state index contributed by atoms with van der Waals surface area (Å²) in [6.45, 7) is 0. The Balaban J connectivity index is 1.72. The lowest BCUT2D eigenvalue weighted by Gasteiger charge is -2.36. The van der Waals surface area contributed by atoms with Crippen molar-refractivity contribution >= 4 is 18.0 Å². The van der Waals surface area contributed by atoms with Gasteiger partial charge in [0.05, 0.1) is 21.3 Å². The van der Waals surface area contributed by atoms with Crippen LogP contribution in [-0.2, 0) is 14.3 Å². The predicted octanol–water partition coefficient (Wildman–Crippen LogP) is 4.35. The monoisotopic (exact) mass is 534 g/mol. The molecule has 3 aromatic rings. The highest BCUT2D eigenvalue weighted by Crippen LogP contribution is 2.59. The zero-order chi connectivity index (χ0) is 27.8. The molecule has 1 saturated heterocycles. The van der Waals surface area contributed by atoms with E-state index in [1.165, 1.54) is 39.5 Å². The van der Waals surface area contributed by atoms with Crippen molar-refractivity contribution in [3.05, 3.63) is 76.9 Å². The molecule has 0 aromatic heterocycles. The first kappa shape index (κ1) is 25.8. The van der Waals surface area contributed by atoms with Crippen LogP contribution in [0.25, 0.3) is 6.08 Å². The topological polar surface area (TPSA) is 141 Å². The van der Waals surface area contributed by atoms with E-state index in [2.05, 4.69) is 0 Å².